The van der Waals surface area contributed by atoms with Gasteiger partial charge in [0.2, 0.25) is 11.8 Å². The Kier molecular flexibility index (Phi) is 9.59. The number of nitrogens with zero attached hydrogens (tertiary/aromatic N) is 1. The number of aryl methyl sites for hydroxylation is 1. The second-order valence-corrected chi connectivity index (χ2v) is 8.04. The number of nitrogens with one attached hydrogen (secondary N) is 1. The second-order valence-electron chi connectivity index (χ2n) is 8.04. The highest BCUT2D eigenvalue weighted by Gasteiger charge is 2.27. The van der Waals surface area contributed by atoms with Crippen molar-refractivity contribution < 1.29 is 9.59 Å². The monoisotopic (exact) mass is 408 g/mol. The van der Waals surface area contributed by atoms with Crippen molar-refractivity contribution >= 4 is 11.8 Å². The van der Waals surface area contributed by atoms with Crippen molar-refractivity contribution in [1.82, 2.24) is 10.2 Å². The fraction of sp³-hybridized carbons (Fsp3) is 0.462. The summed E-state index contributed by atoms with van der Waals surface area (Å²) in [5.74, 6) is 0.469. The maximum atomic E-state index is 13.2. The van der Waals surface area contributed by atoms with Crippen LogP contribution < -0.4 is 5.32 Å². The predicted octanol–water partition coefficient (Wildman–Crippen LogP) is 4.73. The number of carbonyl (C=O) groups excluding carboxylic acids is 2. The van der Waals surface area contributed by atoms with Gasteiger partial charge in [0.05, 0.1) is 0 Å². The van der Waals surface area contributed by atoms with Crippen LogP contribution in [0.5, 0.6) is 0 Å². The average Bonchev–Trinajstić information content (AvgIpc) is 2.76. The van der Waals surface area contributed by atoms with Crippen molar-refractivity contribution in [3.8, 4) is 0 Å². The number of amides is 2. The highest BCUT2D eigenvalue weighted by molar-refractivity contribution is 5.87. The SMILES string of the molecule is CCNC(=O)[C@H](CC)N(CCc1ccccc1)C(=O)CCc1ccc(C(C)C)cc1. The van der Waals surface area contributed by atoms with Crippen molar-refractivity contribution in [2.24, 2.45) is 0 Å². The van der Waals surface area contributed by atoms with E-state index in [1.54, 1.807) is 4.90 Å². The Labute approximate surface area is 181 Å². The summed E-state index contributed by atoms with van der Waals surface area (Å²) in [6.45, 7) is 9.34. The minimum atomic E-state index is -0.426. The lowest BCUT2D eigenvalue weighted by molar-refractivity contribution is -0.140. The lowest BCUT2D eigenvalue weighted by Gasteiger charge is -2.30. The topological polar surface area (TPSA) is 49.4 Å². The zero-order valence-electron chi connectivity index (χ0n) is 18.9. The van der Waals surface area contributed by atoms with Crippen LogP contribution in [0.2, 0.25) is 0 Å². The molecular weight excluding hydrogens is 372 g/mol. The molecule has 0 aromatic heterocycles. The molecule has 2 aromatic rings. The van der Waals surface area contributed by atoms with E-state index in [0.717, 1.165) is 12.0 Å². The van der Waals surface area contributed by atoms with E-state index in [9.17, 15) is 9.59 Å². The summed E-state index contributed by atoms with van der Waals surface area (Å²) in [6, 6.07) is 18.2. The van der Waals surface area contributed by atoms with Crippen LogP contribution in [-0.4, -0.2) is 35.8 Å². The molecule has 0 aliphatic heterocycles. The molecule has 1 atom stereocenters. The minimum Gasteiger partial charge on any atom is -0.355 e. The van der Waals surface area contributed by atoms with Gasteiger partial charge >= 0.3 is 0 Å². The fourth-order valence-electron chi connectivity index (χ4n) is 3.65. The molecule has 0 unspecified atom stereocenters. The van der Waals surface area contributed by atoms with Gasteiger partial charge in [-0.1, -0.05) is 75.4 Å². The first kappa shape index (κ1) is 23.7. The van der Waals surface area contributed by atoms with Crippen molar-refractivity contribution in [2.75, 3.05) is 13.1 Å². The number of carbonyl (C=O) groups is 2. The molecule has 4 heteroatoms. The van der Waals surface area contributed by atoms with Gasteiger partial charge in [-0.3, -0.25) is 9.59 Å². The van der Waals surface area contributed by atoms with E-state index in [2.05, 4.69) is 55.6 Å². The summed E-state index contributed by atoms with van der Waals surface area (Å²) in [7, 11) is 0. The lowest BCUT2D eigenvalue weighted by atomic mass is 10.00. The zero-order chi connectivity index (χ0) is 21.9. The second kappa shape index (κ2) is 12.2. The number of likely N-dealkylation sites (N-methyl/N-ethyl adjacent to an activating group) is 1. The van der Waals surface area contributed by atoms with Gasteiger partial charge in [-0.2, -0.15) is 0 Å². The van der Waals surface area contributed by atoms with Gasteiger partial charge in [0.25, 0.3) is 0 Å². The van der Waals surface area contributed by atoms with E-state index < -0.39 is 6.04 Å². The lowest BCUT2D eigenvalue weighted by Crippen LogP contribution is -2.50. The third-order valence-corrected chi connectivity index (χ3v) is 5.50. The molecule has 2 aromatic carbocycles. The molecule has 0 bridgehead atoms. The maximum Gasteiger partial charge on any atom is 0.242 e. The number of hydrogen-bond donors (Lipinski definition) is 1. The van der Waals surface area contributed by atoms with E-state index in [0.29, 0.717) is 38.3 Å². The number of benzene rings is 2. The van der Waals surface area contributed by atoms with E-state index in [1.165, 1.54) is 11.1 Å². The molecule has 0 saturated carbocycles. The molecule has 0 aliphatic carbocycles. The van der Waals surface area contributed by atoms with Crippen molar-refractivity contribution in [2.45, 2.75) is 65.3 Å². The Morgan fingerprint density at radius 1 is 0.900 bits per heavy atom. The smallest absolute Gasteiger partial charge is 0.242 e. The molecule has 1 N–H and O–H groups in total. The van der Waals surface area contributed by atoms with E-state index >= 15 is 0 Å². The normalized spacial score (nSPS) is 11.9. The highest BCUT2D eigenvalue weighted by atomic mass is 16.2. The summed E-state index contributed by atoms with van der Waals surface area (Å²) in [6.07, 6.45) is 2.44. The third-order valence-electron chi connectivity index (χ3n) is 5.50. The van der Waals surface area contributed by atoms with E-state index in [1.807, 2.05) is 32.0 Å². The van der Waals surface area contributed by atoms with E-state index in [-0.39, 0.29) is 11.8 Å². The summed E-state index contributed by atoms with van der Waals surface area (Å²) >= 11 is 0. The van der Waals surface area contributed by atoms with Gasteiger partial charge in [0.1, 0.15) is 6.04 Å². The standard InChI is InChI=1S/C26H36N2O2/c1-5-24(26(30)27-6-2)28(19-18-21-10-8-7-9-11-21)25(29)17-14-22-12-15-23(16-13-22)20(3)4/h7-13,15-16,20,24H,5-6,14,17-19H2,1-4H3,(H,27,30)/t24-/m0/s1. The third kappa shape index (κ3) is 7.01. The Hall–Kier alpha value is -2.62. The molecule has 4 nitrogen and oxygen atoms in total. The van der Waals surface area contributed by atoms with Gasteiger partial charge in [-0.25, -0.2) is 0 Å². The number of rotatable bonds is 11. The molecule has 0 heterocycles. The molecule has 2 rings (SSSR count). The maximum absolute atomic E-state index is 13.2. The fourth-order valence-corrected chi connectivity index (χ4v) is 3.65. The van der Waals surface area contributed by atoms with Gasteiger partial charge in [-0.05, 0) is 48.8 Å². The molecular formula is C26H36N2O2. The molecule has 0 aliphatic rings. The first-order chi connectivity index (χ1) is 14.5. The summed E-state index contributed by atoms with van der Waals surface area (Å²) < 4.78 is 0. The first-order valence-corrected chi connectivity index (χ1v) is 11.2. The molecule has 0 saturated heterocycles. The quantitative estimate of drug-likeness (QED) is 0.584. The van der Waals surface area contributed by atoms with Crippen molar-refractivity contribution in [3.05, 3.63) is 71.3 Å². The van der Waals surface area contributed by atoms with Gasteiger partial charge in [-0.15, -0.1) is 0 Å². The Morgan fingerprint density at radius 3 is 2.10 bits per heavy atom. The van der Waals surface area contributed by atoms with Crippen LogP contribution in [0.3, 0.4) is 0 Å². The Morgan fingerprint density at radius 2 is 1.53 bits per heavy atom. The van der Waals surface area contributed by atoms with Crippen LogP contribution >= 0.6 is 0 Å². The summed E-state index contributed by atoms with van der Waals surface area (Å²) in [4.78, 5) is 27.5. The van der Waals surface area contributed by atoms with Gasteiger partial charge < -0.3 is 10.2 Å². The summed E-state index contributed by atoms with van der Waals surface area (Å²) in [5.41, 5.74) is 3.63. The van der Waals surface area contributed by atoms with Crippen LogP contribution in [0.4, 0.5) is 0 Å². The van der Waals surface area contributed by atoms with Gasteiger partial charge in [0, 0.05) is 19.5 Å². The van der Waals surface area contributed by atoms with Gasteiger partial charge in [0.15, 0.2) is 0 Å². The van der Waals surface area contributed by atoms with Crippen molar-refractivity contribution in [1.29, 1.82) is 0 Å². The molecule has 30 heavy (non-hydrogen) atoms. The van der Waals surface area contributed by atoms with Crippen molar-refractivity contribution in [3.63, 3.8) is 0 Å². The van der Waals surface area contributed by atoms with E-state index in [4.69, 9.17) is 0 Å². The molecule has 0 spiro atoms. The molecule has 2 amide bonds. The molecule has 162 valence electrons. The molecule has 0 fully saturated rings. The van der Waals surface area contributed by atoms with Crippen LogP contribution in [-0.2, 0) is 22.4 Å². The summed E-state index contributed by atoms with van der Waals surface area (Å²) in [5, 5.41) is 2.89. The zero-order valence-corrected chi connectivity index (χ0v) is 18.9. The van der Waals surface area contributed by atoms with Crippen LogP contribution in [0.25, 0.3) is 0 Å². The average molecular weight is 409 g/mol. The van der Waals surface area contributed by atoms with Crippen LogP contribution in [0.1, 0.15) is 63.1 Å². The largest absolute Gasteiger partial charge is 0.355 e. The van der Waals surface area contributed by atoms with Crippen LogP contribution in [0, 0.1) is 0 Å². The highest BCUT2D eigenvalue weighted by Crippen LogP contribution is 2.17. The Bertz CT molecular complexity index is 784. The Balaban J connectivity index is 2.08. The number of hydrogen-bond acceptors (Lipinski definition) is 2. The molecule has 0 radical (unpaired) electrons. The van der Waals surface area contributed by atoms with Crippen LogP contribution in [0.15, 0.2) is 54.6 Å². The first-order valence-electron chi connectivity index (χ1n) is 11.2. The predicted molar refractivity (Wildman–Crippen MR) is 123 cm³/mol. The minimum absolute atomic E-state index is 0.0389.